The van der Waals surface area contributed by atoms with Crippen LogP contribution in [-0.4, -0.2) is 16.1 Å². The van der Waals surface area contributed by atoms with Crippen LogP contribution in [0.2, 0.25) is 0 Å². The summed E-state index contributed by atoms with van der Waals surface area (Å²) in [5, 5.41) is 17.4. The molecule has 0 radical (unpaired) electrons. The van der Waals surface area contributed by atoms with Crippen LogP contribution in [0.25, 0.3) is 6.08 Å². The van der Waals surface area contributed by atoms with E-state index < -0.39 is 5.97 Å². The lowest BCUT2D eigenvalue weighted by molar-refractivity contribution is -0.131. The highest BCUT2D eigenvalue weighted by atomic mass is 16.5. The zero-order valence-electron chi connectivity index (χ0n) is 10.4. The van der Waals surface area contributed by atoms with E-state index in [0.29, 0.717) is 22.6 Å². The molecule has 0 saturated carbocycles. The molecule has 2 aromatic rings. The van der Waals surface area contributed by atoms with Crippen molar-refractivity contribution in [2.75, 3.05) is 0 Å². The first kappa shape index (κ1) is 13.3. The maximum Gasteiger partial charge on any atom is 0.328 e. The highest BCUT2D eigenvalue weighted by molar-refractivity contribution is 5.85. The molecule has 1 heterocycles. The number of hydrogen-bond acceptors (Lipinski definition) is 4. The van der Waals surface area contributed by atoms with Gasteiger partial charge in [-0.05, 0) is 35.9 Å². The third-order valence-corrected chi connectivity index (χ3v) is 2.35. The van der Waals surface area contributed by atoms with Crippen molar-refractivity contribution < 1.29 is 14.6 Å². The zero-order valence-corrected chi connectivity index (χ0v) is 10.4. The number of hydrogen-bond donors (Lipinski definition) is 1. The van der Waals surface area contributed by atoms with Gasteiger partial charge in [-0.15, -0.1) is 0 Å². The Kier molecular flexibility index (Phi) is 4.10. The van der Waals surface area contributed by atoms with Crippen LogP contribution in [0.15, 0.2) is 48.8 Å². The van der Waals surface area contributed by atoms with Gasteiger partial charge in [0.15, 0.2) is 0 Å². The highest BCUT2D eigenvalue weighted by Crippen LogP contribution is 2.22. The van der Waals surface area contributed by atoms with Gasteiger partial charge in [0.2, 0.25) is 0 Å². The molecule has 5 nitrogen and oxygen atoms in total. The molecule has 0 atom stereocenters. The Morgan fingerprint density at radius 2 is 2.15 bits per heavy atom. The van der Waals surface area contributed by atoms with Crippen LogP contribution in [0, 0.1) is 11.3 Å². The summed E-state index contributed by atoms with van der Waals surface area (Å²) in [6.07, 6.45) is 5.49. The van der Waals surface area contributed by atoms with Crippen molar-refractivity contribution >= 4 is 12.0 Å². The van der Waals surface area contributed by atoms with E-state index in [-0.39, 0.29) is 0 Å². The van der Waals surface area contributed by atoms with Crippen LogP contribution in [-0.2, 0) is 4.79 Å². The molecular formula is C15H10N2O3. The molecule has 0 spiro atoms. The van der Waals surface area contributed by atoms with Crippen molar-refractivity contribution in [2.45, 2.75) is 0 Å². The predicted molar refractivity (Wildman–Crippen MR) is 72.1 cm³/mol. The molecule has 20 heavy (non-hydrogen) atoms. The molecule has 0 aliphatic heterocycles. The van der Waals surface area contributed by atoms with E-state index in [9.17, 15) is 4.79 Å². The standard InChI is InChI=1S/C15H10N2O3/c16-8-11-2-1-3-13(6-11)20-14-7-12(9-17-10-14)4-5-15(18)19/h1-7,9-10H,(H,18,19)/b5-4+. The lowest BCUT2D eigenvalue weighted by Gasteiger charge is -2.05. The fourth-order valence-electron chi connectivity index (χ4n) is 1.52. The molecule has 0 amide bonds. The fourth-order valence-corrected chi connectivity index (χ4v) is 1.52. The molecule has 0 fully saturated rings. The van der Waals surface area contributed by atoms with E-state index in [0.717, 1.165) is 6.08 Å². The summed E-state index contributed by atoms with van der Waals surface area (Å²) in [4.78, 5) is 14.4. The Morgan fingerprint density at radius 1 is 1.30 bits per heavy atom. The van der Waals surface area contributed by atoms with E-state index >= 15 is 0 Å². The van der Waals surface area contributed by atoms with E-state index in [1.807, 2.05) is 6.07 Å². The molecule has 0 unspecified atom stereocenters. The Labute approximate surface area is 115 Å². The first-order chi connectivity index (χ1) is 9.67. The largest absolute Gasteiger partial charge is 0.478 e. The number of carboxylic acids is 1. The van der Waals surface area contributed by atoms with Crippen LogP contribution < -0.4 is 4.74 Å². The molecule has 0 saturated heterocycles. The Morgan fingerprint density at radius 3 is 2.90 bits per heavy atom. The van der Waals surface area contributed by atoms with Crippen LogP contribution in [0.4, 0.5) is 0 Å². The molecule has 1 N–H and O–H groups in total. The molecule has 0 aliphatic rings. The molecule has 1 aromatic heterocycles. The molecule has 1 aromatic carbocycles. The first-order valence-electron chi connectivity index (χ1n) is 5.71. The lowest BCUT2D eigenvalue weighted by atomic mass is 10.2. The van der Waals surface area contributed by atoms with Gasteiger partial charge in [-0.2, -0.15) is 5.26 Å². The second-order valence-corrected chi connectivity index (χ2v) is 3.87. The second kappa shape index (κ2) is 6.16. The summed E-state index contributed by atoms with van der Waals surface area (Å²) in [6.45, 7) is 0. The van der Waals surface area contributed by atoms with Crippen LogP contribution in [0.5, 0.6) is 11.5 Å². The number of ether oxygens (including phenoxy) is 1. The Balaban J connectivity index is 2.19. The number of nitrogens with zero attached hydrogens (tertiary/aromatic N) is 2. The van der Waals surface area contributed by atoms with Gasteiger partial charge < -0.3 is 9.84 Å². The molecule has 0 aliphatic carbocycles. The molecule has 2 rings (SSSR count). The van der Waals surface area contributed by atoms with Crippen molar-refractivity contribution in [1.29, 1.82) is 5.26 Å². The van der Waals surface area contributed by atoms with E-state index in [2.05, 4.69) is 4.98 Å². The van der Waals surface area contributed by atoms with Crippen molar-refractivity contribution in [2.24, 2.45) is 0 Å². The van der Waals surface area contributed by atoms with Crippen molar-refractivity contribution in [3.05, 3.63) is 59.9 Å². The smallest absolute Gasteiger partial charge is 0.328 e. The van der Waals surface area contributed by atoms with Gasteiger partial charge in [0, 0.05) is 12.3 Å². The van der Waals surface area contributed by atoms with Gasteiger partial charge in [-0.25, -0.2) is 4.79 Å². The minimum absolute atomic E-state index is 0.465. The minimum atomic E-state index is -1.03. The number of aromatic nitrogens is 1. The average Bonchev–Trinajstić information content (AvgIpc) is 2.46. The van der Waals surface area contributed by atoms with Crippen molar-refractivity contribution in [1.82, 2.24) is 4.98 Å². The third kappa shape index (κ3) is 3.68. The van der Waals surface area contributed by atoms with Crippen LogP contribution in [0.3, 0.4) is 0 Å². The summed E-state index contributed by atoms with van der Waals surface area (Å²) in [5.41, 5.74) is 1.11. The number of carbonyl (C=O) groups is 1. The van der Waals surface area contributed by atoms with Gasteiger partial charge in [0.05, 0.1) is 17.8 Å². The predicted octanol–water partition coefficient (Wildman–Crippen LogP) is 2.84. The average molecular weight is 266 g/mol. The monoisotopic (exact) mass is 266 g/mol. The Hall–Kier alpha value is -3.13. The number of aliphatic carboxylic acids is 1. The maximum absolute atomic E-state index is 10.5. The number of benzene rings is 1. The van der Waals surface area contributed by atoms with E-state index in [4.69, 9.17) is 15.1 Å². The lowest BCUT2D eigenvalue weighted by Crippen LogP contribution is -1.89. The SMILES string of the molecule is N#Cc1cccc(Oc2cncc(/C=C/C(=O)O)c2)c1. The van der Waals surface area contributed by atoms with Gasteiger partial charge >= 0.3 is 5.97 Å². The number of carboxylic acid groups (broad SMARTS) is 1. The van der Waals surface area contributed by atoms with Crippen LogP contribution >= 0.6 is 0 Å². The summed E-state index contributed by atoms with van der Waals surface area (Å²) in [7, 11) is 0. The van der Waals surface area contributed by atoms with Gasteiger partial charge in [-0.1, -0.05) is 6.07 Å². The zero-order chi connectivity index (χ0) is 14.4. The molecular weight excluding hydrogens is 256 g/mol. The minimum Gasteiger partial charge on any atom is -0.478 e. The van der Waals surface area contributed by atoms with Crippen LogP contribution in [0.1, 0.15) is 11.1 Å². The third-order valence-electron chi connectivity index (χ3n) is 2.35. The Bertz CT molecular complexity index is 702. The van der Waals surface area contributed by atoms with E-state index in [1.165, 1.54) is 18.5 Å². The highest BCUT2D eigenvalue weighted by Gasteiger charge is 2.00. The summed E-state index contributed by atoms with van der Waals surface area (Å²) < 4.78 is 5.57. The molecule has 98 valence electrons. The van der Waals surface area contributed by atoms with Gasteiger partial charge in [-0.3, -0.25) is 4.98 Å². The van der Waals surface area contributed by atoms with Gasteiger partial charge in [0.25, 0.3) is 0 Å². The quantitative estimate of drug-likeness (QED) is 0.860. The second-order valence-electron chi connectivity index (χ2n) is 3.87. The summed E-state index contributed by atoms with van der Waals surface area (Å²) in [6, 6.07) is 10.4. The number of rotatable bonds is 4. The molecule has 5 heteroatoms. The number of nitriles is 1. The normalized spacial score (nSPS) is 10.2. The number of pyridine rings is 1. The fraction of sp³-hybridized carbons (Fsp3) is 0. The topological polar surface area (TPSA) is 83.2 Å². The maximum atomic E-state index is 10.5. The van der Waals surface area contributed by atoms with E-state index in [1.54, 1.807) is 30.3 Å². The van der Waals surface area contributed by atoms with Crippen molar-refractivity contribution in [3.63, 3.8) is 0 Å². The first-order valence-corrected chi connectivity index (χ1v) is 5.71. The summed E-state index contributed by atoms with van der Waals surface area (Å²) in [5.74, 6) is -0.0455. The summed E-state index contributed by atoms with van der Waals surface area (Å²) >= 11 is 0. The van der Waals surface area contributed by atoms with Gasteiger partial charge in [0.1, 0.15) is 11.5 Å². The van der Waals surface area contributed by atoms with Crippen molar-refractivity contribution in [3.8, 4) is 17.6 Å². The molecule has 0 bridgehead atoms.